The Kier molecular flexibility index (Phi) is 9.35. The normalized spacial score (nSPS) is 25.4. The average molecular weight is 416 g/mol. The molecule has 0 aromatic heterocycles. The zero-order valence-corrected chi connectivity index (χ0v) is 19.4. The minimum absolute atomic E-state index is 0.000266. The van der Waals surface area contributed by atoms with Gasteiger partial charge in [0.15, 0.2) is 0 Å². The second-order valence-electron chi connectivity index (χ2n) is 9.13. The molecule has 168 valence electrons. The van der Waals surface area contributed by atoms with Gasteiger partial charge >= 0.3 is 0 Å². The summed E-state index contributed by atoms with van der Waals surface area (Å²) in [5.41, 5.74) is 7.23. The van der Waals surface area contributed by atoms with Crippen LogP contribution in [0.4, 0.5) is 0 Å². The number of carbonyl (C=O) groups is 2. The van der Waals surface area contributed by atoms with Crippen LogP contribution < -0.4 is 11.1 Å². The van der Waals surface area contributed by atoms with Gasteiger partial charge in [-0.1, -0.05) is 64.4 Å². The third kappa shape index (κ3) is 5.63. The molecule has 5 unspecified atom stereocenters. The number of hydrogen-bond acceptors (Lipinski definition) is 3. The molecule has 1 aromatic carbocycles. The van der Waals surface area contributed by atoms with Crippen molar-refractivity contribution in [3.05, 3.63) is 35.9 Å². The minimum atomic E-state index is -0.576. The second-order valence-corrected chi connectivity index (χ2v) is 9.13. The van der Waals surface area contributed by atoms with Crippen molar-refractivity contribution in [1.82, 2.24) is 10.2 Å². The van der Waals surface area contributed by atoms with E-state index in [0.29, 0.717) is 24.3 Å². The lowest BCUT2D eigenvalue weighted by Gasteiger charge is -2.40. The van der Waals surface area contributed by atoms with E-state index in [4.69, 9.17) is 5.73 Å². The van der Waals surface area contributed by atoms with Crippen molar-refractivity contribution in [3.63, 3.8) is 0 Å². The van der Waals surface area contributed by atoms with Crippen molar-refractivity contribution >= 4 is 11.8 Å². The summed E-state index contributed by atoms with van der Waals surface area (Å²) in [6.07, 6.45) is 4.91. The quantitative estimate of drug-likeness (QED) is 0.708. The highest BCUT2D eigenvalue weighted by atomic mass is 16.2. The van der Waals surface area contributed by atoms with Crippen molar-refractivity contribution in [2.75, 3.05) is 13.1 Å². The predicted octanol–water partition coefficient (Wildman–Crippen LogP) is 3.93. The van der Waals surface area contributed by atoms with Gasteiger partial charge in [-0.2, -0.15) is 0 Å². The van der Waals surface area contributed by atoms with E-state index >= 15 is 0 Å². The van der Waals surface area contributed by atoms with E-state index in [1.807, 2.05) is 31.7 Å². The highest BCUT2D eigenvalue weighted by molar-refractivity contribution is 5.87. The summed E-state index contributed by atoms with van der Waals surface area (Å²) in [4.78, 5) is 27.1. The average Bonchev–Trinajstić information content (AvgIpc) is 3.35. The summed E-state index contributed by atoms with van der Waals surface area (Å²) in [7, 11) is 0. The van der Waals surface area contributed by atoms with Gasteiger partial charge in [0.1, 0.15) is 0 Å². The number of nitrogens with zero attached hydrogens (tertiary/aromatic N) is 1. The molecule has 0 spiro atoms. The van der Waals surface area contributed by atoms with Gasteiger partial charge in [0.2, 0.25) is 11.8 Å². The first kappa shape index (κ1) is 24.4. The highest BCUT2D eigenvalue weighted by Gasteiger charge is 2.51. The Labute approximate surface area is 182 Å². The molecule has 5 heteroatoms. The van der Waals surface area contributed by atoms with E-state index in [0.717, 1.165) is 0 Å². The topological polar surface area (TPSA) is 75.4 Å². The molecule has 30 heavy (non-hydrogen) atoms. The van der Waals surface area contributed by atoms with E-state index in [1.54, 1.807) is 0 Å². The number of hydrogen-bond donors (Lipinski definition) is 2. The maximum Gasteiger partial charge on any atom is 0.242 e. The Bertz CT molecular complexity index is 676. The Balaban J connectivity index is 0.00000101. The molecule has 5 atom stereocenters. The van der Waals surface area contributed by atoms with Crippen LogP contribution in [0.15, 0.2) is 30.3 Å². The maximum atomic E-state index is 13.0. The monoisotopic (exact) mass is 415 g/mol. The molecule has 0 saturated heterocycles. The van der Waals surface area contributed by atoms with Gasteiger partial charge < -0.3 is 16.0 Å². The summed E-state index contributed by atoms with van der Waals surface area (Å²) in [5.74, 6) is 1.44. The SMILES string of the molecule is CCC.CCN(C(=O)CNC(=O)C(N)C(C)C)C1C2CCC(C2)C1c1ccccc1. The molecule has 0 aliphatic heterocycles. The fourth-order valence-electron chi connectivity index (χ4n) is 5.09. The molecule has 2 aliphatic carbocycles. The van der Waals surface area contributed by atoms with E-state index in [2.05, 4.69) is 43.4 Å². The standard InChI is InChI=1S/C22H33N3O2.C3H8/c1-4-25(18(26)13-24-22(27)20(23)14(2)3)21-17-11-10-16(12-17)19(21)15-8-6-5-7-9-15;1-3-2/h5-9,14,16-17,19-21H,4,10-13,23H2,1-3H3,(H,24,27);3H2,1-2H3. The number of fused-ring (bicyclic) bond motifs is 2. The molecule has 0 heterocycles. The zero-order valence-electron chi connectivity index (χ0n) is 19.4. The lowest BCUT2D eigenvalue weighted by atomic mass is 9.79. The minimum Gasteiger partial charge on any atom is -0.346 e. The van der Waals surface area contributed by atoms with Crippen molar-refractivity contribution in [1.29, 1.82) is 0 Å². The zero-order chi connectivity index (χ0) is 22.3. The molecule has 1 aromatic rings. The molecule has 3 N–H and O–H groups in total. The molecular formula is C25H41N3O2. The number of likely N-dealkylation sites (N-methyl/N-ethyl adjacent to an activating group) is 1. The summed E-state index contributed by atoms with van der Waals surface area (Å²) >= 11 is 0. The number of rotatable bonds is 7. The van der Waals surface area contributed by atoms with Crippen LogP contribution >= 0.6 is 0 Å². The van der Waals surface area contributed by atoms with E-state index < -0.39 is 6.04 Å². The Morgan fingerprint density at radius 3 is 2.27 bits per heavy atom. The molecule has 2 fully saturated rings. The van der Waals surface area contributed by atoms with E-state index in [-0.39, 0.29) is 30.3 Å². The third-order valence-electron chi connectivity index (χ3n) is 6.51. The van der Waals surface area contributed by atoms with Crippen molar-refractivity contribution in [2.45, 2.75) is 78.3 Å². The first-order valence-corrected chi connectivity index (χ1v) is 11.7. The smallest absolute Gasteiger partial charge is 0.242 e. The van der Waals surface area contributed by atoms with Crippen LogP contribution in [-0.2, 0) is 9.59 Å². The fraction of sp³-hybridized carbons (Fsp3) is 0.680. The number of benzene rings is 1. The molecular weight excluding hydrogens is 374 g/mol. The first-order chi connectivity index (χ1) is 14.3. The second kappa shape index (κ2) is 11.5. The van der Waals surface area contributed by atoms with Crippen LogP contribution in [0, 0.1) is 17.8 Å². The maximum absolute atomic E-state index is 13.0. The van der Waals surface area contributed by atoms with E-state index in [1.165, 1.54) is 31.2 Å². The number of carbonyl (C=O) groups excluding carboxylic acids is 2. The van der Waals surface area contributed by atoms with Gasteiger partial charge in [0.25, 0.3) is 0 Å². The van der Waals surface area contributed by atoms with Crippen LogP contribution in [0.1, 0.15) is 71.8 Å². The Morgan fingerprint density at radius 2 is 1.70 bits per heavy atom. The number of nitrogens with two attached hydrogens (primary N) is 1. The summed E-state index contributed by atoms with van der Waals surface area (Å²) < 4.78 is 0. The van der Waals surface area contributed by atoms with Gasteiger partial charge in [-0.25, -0.2) is 0 Å². The molecule has 2 aliphatic rings. The number of amides is 2. The van der Waals surface area contributed by atoms with Crippen molar-refractivity contribution < 1.29 is 9.59 Å². The molecule has 0 radical (unpaired) electrons. The van der Waals surface area contributed by atoms with Gasteiger partial charge in [0, 0.05) is 18.5 Å². The van der Waals surface area contributed by atoms with Crippen LogP contribution in [0.2, 0.25) is 0 Å². The molecule has 5 nitrogen and oxygen atoms in total. The molecule has 2 saturated carbocycles. The van der Waals surface area contributed by atoms with Crippen LogP contribution in [-0.4, -0.2) is 41.9 Å². The number of nitrogens with one attached hydrogen (secondary N) is 1. The van der Waals surface area contributed by atoms with Gasteiger partial charge in [-0.05, 0) is 49.5 Å². The fourth-order valence-corrected chi connectivity index (χ4v) is 5.09. The summed E-state index contributed by atoms with van der Waals surface area (Å²) in [6.45, 7) is 10.8. The van der Waals surface area contributed by atoms with Crippen molar-refractivity contribution in [2.24, 2.45) is 23.5 Å². The largest absolute Gasteiger partial charge is 0.346 e. The van der Waals surface area contributed by atoms with E-state index in [9.17, 15) is 9.59 Å². The van der Waals surface area contributed by atoms with Gasteiger partial charge in [-0.15, -0.1) is 0 Å². The molecule has 2 amide bonds. The summed E-state index contributed by atoms with van der Waals surface area (Å²) in [5, 5.41) is 2.75. The lowest BCUT2D eigenvalue weighted by molar-refractivity contribution is -0.136. The third-order valence-corrected chi connectivity index (χ3v) is 6.51. The molecule has 2 bridgehead atoms. The Morgan fingerprint density at radius 1 is 1.10 bits per heavy atom. The van der Waals surface area contributed by atoms with Gasteiger partial charge in [-0.3, -0.25) is 9.59 Å². The lowest BCUT2D eigenvalue weighted by Crippen LogP contribution is -2.52. The first-order valence-electron chi connectivity index (χ1n) is 11.7. The van der Waals surface area contributed by atoms with Gasteiger partial charge in [0.05, 0.1) is 12.6 Å². The highest BCUT2D eigenvalue weighted by Crippen LogP contribution is 2.54. The van der Waals surface area contributed by atoms with Crippen LogP contribution in [0.5, 0.6) is 0 Å². The van der Waals surface area contributed by atoms with Crippen LogP contribution in [0.25, 0.3) is 0 Å². The Hall–Kier alpha value is -1.88. The molecule has 3 rings (SSSR count). The summed E-state index contributed by atoms with van der Waals surface area (Å²) in [6, 6.07) is 10.3. The van der Waals surface area contributed by atoms with Crippen LogP contribution in [0.3, 0.4) is 0 Å². The van der Waals surface area contributed by atoms with Crippen molar-refractivity contribution in [3.8, 4) is 0 Å². The predicted molar refractivity (Wildman–Crippen MR) is 123 cm³/mol.